The number of benzene rings is 1. The van der Waals surface area contributed by atoms with E-state index in [0.29, 0.717) is 18.5 Å². The van der Waals surface area contributed by atoms with Crippen molar-refractivity contribution < 1.29 is 15.0 Å². The number of amides is 1. The fraction of sp³-hybridized carbons (Fsp3) is 0.250. The van der Waals surface area contributed by atoms with Crippen molar-refractivity contribution in [2.75, 3.05) is 11.9 Å². The average molecular weight is 219 g/mol. The molecule has 0 radical (unpaired) electrons. The Labute approximate surface area is 93.9 Å². The van der Waals surface area contributed by atoms with Crippen molar-refractivity contribution in [1.82, 2.24) is 0 Å². The quantitative estimate of drug-likeness (QED) is 0.537. The van der Waals surface area contributed by atoms with E-state index in [9.17, 15) is 4.79 Å². The van der Waals surface area contributed by atoms with Crippen LogP contribution in [0.2, 0.25) is 0 Å². The predicted octanol–water partition coefficient (Wildman–Crippen LogP) is 1.90. The van der Waals surface area contributed by atoms with E-state index in [0.717, 1.165) is 5.56 Å². The Bertz CT molecular complexity index is 401. The van der Waals surface area contributed by atoms with Gasteiger partial charge < -0.3 is 10.2 Å². The second-order valence-corrected chi connectivity index (χ2v) is 3.14. The summed E-state index contributed by atoms with van der Waals surface area (Å²) in [5.41, 5.74) is 1.35. The molecule has 4 heteroatoms. The van der Waals surface area contributed by atoms with Crippen LogP contribution in [0.4, 0.5) is 10.5 Å². The second kappa shape index (κ2) is 6.49. The van der Waals surface area contributed by atoms with Crippen molar-refractivity contribution in [3.05, 3.63) is 29.8 Å². The Morgan fingerprint density at radius 1 is 1.31 bits per heavy atom. The zero-order valence-corrected chi connectivity index (χ0v) is 8.73. The summed E-state index contributed by atoms with van der Waals surface area (Å²) in [6.07, 6.45) is 0.249. The van der Waals surface area contributed by atoms with Gasteiger partial charge in [0, 0.05) is 24.3 Å². The van der Waals surface area contributed by atoms with Crippen LogP contribution in [-0.2, 0) is 0 Å². The van der Waals surface area contributed by atoms with Crippen molar-refractivity contribution >= 4 is 11.8 Å². The minimum absolute atomic E-state index is 0.149. The van der Waals surface area contributed by atoms with Crippen LogP contribution in [0.5, 0.6) is 0 Å². The van der Waals surface area contributed by atoms with Crippen LogP contribution in [0.25, 0.3) is 0 Å². The molecule has 0 aliphatic rings. The lowest BCUT2D eigenvalue weighted by molar-refractivity contribution is 0.209. The van der Waals surface area contributed by atoms with Gasteiger partial charge in [-0.15, -0.1) is 0 Å². The van der Waals surface area contributed by atoms with E-state index in [4.69, 9.17) is 10.2 Å². The number of carbonyl (C=O) groups is 1. The molecule has 0 heterocycles. The number of aliphatic hydroxyl groups excluding tert-OH is 1. The molecule has 3 N–H and O–H groups in total. The van der Waals surface area contributed by atoms with Gasteiger partial charge in [0.2, 0.25) is 0 Å². The Balaban J connectivity index is 2.56. The van der Waals surface area contributed by atoms with Gasteiger partial charge in [0.1, 0.15) is 0 Å². The lowest BCUT2D eigenvalue weighted by Gasteiger charge is -1.99. The van der Waals surface area contributed by atoms with Gasteiger partial charge in [0.15, 0.2) is 0 Å². The van der Waals surface area contributed by atoms with Crippen LogP contribution in [0.15, 0.2) is 24.3 Å². The first-order valence-corrected chi connectivity index (χ1v) is 4.92. The molecule has 0 saturated carbocycles. The van der Waals surface area contributed by atoms with Crippen molar-refractivity contribution in [2.45, 2.75) is 12.8 Å². The van der Waals surface area contributed by atoms with Gasteiger partial charge in [0.25, 0.3) is 0 Å². The highest BCUT2D eigenvalue weighted by Crippen LogP contribution is 2.08. The number of unbranched alkanes of at least 4 members (excludes halogenated alkanes) is 1. The molecule has 1 aromatic rings. The molecular weight excluding hydrogens is 206 g/mol. The molecule has 0 bridgehead atoms. The molecule has 1 amide bonds. The molecule has 0 spiro atoms. The third-order valence-corrected chi connectivity index (χ3v) is 1.83. The topological polar surface area (TPSA) is 69.6 Å². The van der Waals surface area contributed by atoms with Crippen molar-refractivity contribution in [3.8, 4) is 11.8 Å². The molecule has 0 saturated heterocycles. The third kappa shape index (κ3) is 4.49. The average Bonchev–Trinajstić information content (AvgIpc) is 2.26. The van der Waals surface area contributed by atoms with Gasteiger partial charge in [-0.25, -0.2) is 4.79 Å². The third-order valence-electron chi connectivity index (χ3n) is 1.83. The Morgan fingerprint density at radius 2 is 2.00 bits per heavy atom. The molecule has 0 aliphatic heterocycles. The van der Waals surface area contributed by atoms with E-state index in [1.165, 1.54) is 0 Å². The van der Waals surface area contributed by atoms with Crippen LogP contribution in [0, 0.1) is 11.8 Å². The molecule has 0 aliphatic carbocycles. The van der Waals surface area contributed by atoms with Crippen molar-refractivity contribution in [1.29, 1.82) is 0 Å². The summed E-state index contributed by atoms with van der Waals surface area (Å²) in [6.45, 7) is 0.149. The molecule has 4 nitrogen and oxygen atoms in total. The molecule has 1 aromatic carbocycles. The van der Waals surface area contributed by atoms with Crippen LogP contribution in [0.1, 0.15) is 18.4 Å². The van der Waals surface area contributed by atoms with Crippen LogP contribution < -0.4 is 5.32 Å². The van der Waals surface area contributed by atoms with E-state index in [1.807, 2.05) is 0 Å². The summed E-state index contributed by atoms with van der Waals surface area (Å²) in [4.78, 5) is 10.3. The summed E-state index contributed by atoms with van der Waals surface area (Å²) in [5, 5.41) is 19.3. The first-order chi connectivity index (χ1) is 7.72. The zero-order valence-electron chi connectivity index (χ0n) is 8.73. The molecule has 84 valence electrons. The van der Waals surface area contributed by atoms with Gasteiger partial charge in [-0.1, -0.05) is 11.8 Å². The number of anilines is 1. The molecule has 0 atom stereocenters. The number of rotatable bonds is 3. The molecule has 1 rings (SSSR count). The summed E-state index contributed by atoms with van der Waals surface area (Å²) in [7, 11) is 0. The Hall–Kier alpha value is -1.99. The van der Waals surface area contributed by atoms with Crippen LogP contribution >= 0.6 is 0 Å². The highest BCUT2D eigenvalue weighted by Gasteiger charge is 1.96. The SMILES string of the molecule is O=C(O)Nc1ccc(C#CCCCO)cc1. The fourth-order valence-corrected chi connectivity index (χ4v) is 1.09. The number of carboxylic acid groups (broad SMARTS) is 1. The largest absolute Gasteiger partial charge is 0.465 e. The molecule has 0 aromatic heterocycles. The molecule has 0 fully saturated rings. The van der Waals surface area contributed by atoms with E-state index < -0.39 is 6.09 Å². The standard InChI is InChI=1S/C12H13NO3/c14-9-3-1-2-4-10-5-7-11(8-6-10)13-12(15)16/h5-8,13-14H,1,3,9H2,(H,15,16). The van der Waals surface area contributed by atoms with Gasteiger partial charge in [0.05, 0.1) is 0 Å². The van der Waals surface area contributed by atoms with Gasteiger partial charge in [-0.2, -0.15) is 0 Å². The minimum atomic E-state index is -1.08. The normalized spacial score (nSPS) is 9.06. The summed E-state index contributed by atoms with van der Waals surface area (Å²) >= 11 is 0. The lowest BCUT2D eigenvalue weighted by atomic mass is 10.2. The van der Waals surface area contributed by atoms with Gasteiger partial charge >= 0.3 is 6.09 Å². The molecule has 16 heavy (non-hydrogen) atoms. The highest BCUT2D eigenvalue weighted by molar-refractivity contribution is 5.82. The fourth-order valence-electron chi connectivity index (χ4n) is 1.09. The zero-order chi connectivity index (χ0) is 11.8. The van der Waals surface area contributed by atoms with E-state index >= 15 is 0 Å². The molecular formula is C12H13NO3. The van der Waals surface area contributed by atoms with Gasteiger partial charge in [-0.05, 0) is 30.7 Å². The summed E-state index contributed by atoms with van der Waals surface area (Å²) in [5.74, 6) is 5.84. The van der Waals surface area contributed by atoms with Crippen LogP contribution in [-0.4, -0.2) is 22.9 Å². The maximum atomic E-state index is 10.3. The Morgan fingerprint density at radius 3 is 2.56 bits per heavy atom. The highest BCUT2D eigenvalue weighted by atomic mass is 16.4. The van der Waals surface area contributed by atoms with E-state index in [1.54, 1.807) is 24.3 Å². The summed E-state index contributed by atoms with van der Waals surface area (Å²) in [6, 6.07) is 6.81. The number of hydrogen-bond donors (Lipinski definition) is 3. The van der Waals surface area contributed by atoms with E-state index in [2.05, 4.69) is 17.2 Å². The van der Waals surface area contributed by atoms with Crippen molar-refractivity contribution in [2.24, 2.45) is 0 Å². The van der Waals surface area contributed by atoms with Gasteiger partial charge in [-0.3, -0.25) is 5.32 Å². The molecule has 0 unspecified atom stereocenters. The van der Waals surface area contributed by atoms with E-state index in [-0.39, 0.29) is 6.61 Å². The lowest BCUT2D eigenvalue weighted by Crippen LogP contribution is -2.06. The minimum Gasteiger partial charge on any atom is -0.465 e. The Kier molecular flexibility index (Phi) is 4.90. The second-order valence-electron chi connectivity index (χ2n) is 3.14. The first-order valence-electron chi connectivity index (χ1n) is 4.92. The number of aliphatic hydroxyl groups is 1. The first kappa shape index (κ1) is 12.1. The number of nitrogens with one attached hydrogen (secondary N) is 1. The maximum Gasteiger partial charge on any atom is 0.409 e. The number of hydrogen-bond acceptors (Lipinski definition) is 2. The van der Waals surface area contributed by atoms with Crippen LogP contribution in [0.3, 0.4) is 0 Å². The smallest absolute Gasteiger partial charge is 0.409 e. The predicted molar refractivity (Wildman–Crippen MR) is 61.3 cm³/mol. The summed E-state index contributed by atoms with van der Waals surface area (Å²) < 4.78 is 0. The monoisotopic (exact) mass is 219 g/mol. The van der Waals surface area contributed by atoms with Crippen molar-refractivity contribution in [3.63, 3.8) is 0 Å². The maximum absolute atomic E-state index is 10.3.